The molecule has 3 nitrogen and oxygen atoms in total. The molecular formula is C13H17F3N2O. The molecular weight excluding hydrogens is 257 g/mol. The van der Waals surface area contributed by atoms with Crippen molar-refractivity contribution < 1.29 is 18.0 Å². The normalized spacial score (nSPS) is 12.3. The molecule has 1 aromatic carbocycles. The molecule has 0 unspecified atom stereocenters. The van der Waals surface area contributed by atoms with Gasteiger partial charge in [0.05, 0.1) is 11.1 Å². The van der Waals surface area contributed by atoms with Crippen molar-refractivity contribution in [2.75, 3.05) is 12.3 Å². The summed E-state index contributed by atoms with van der Waals surface area (Å²) < 4.78 is 37.7. The first-order valence-corrected chi connectivity index (χ1v) is 5.75. The van der Waals surface area contributed by atoms with E-state index in [2.05, 4.69) is 5.32 Å². The molecule has 1 aromatic rings. The van der Waals surface area contributed by atoms with Gasteiger partial charge in [-0.2, -0.15) is 13.2 Å². The summed E-state index contributed by atoms with van der Waals surface area (Å²) in [5.74, 6) is -0.599. The molecule has 0 aromatic heterocycles. The summed E-state index contributed by atoms with van der Waals surface area (Å²) in [5, 5.41) is 2.57. The molecule has 0 aliphatic rings. The monoisotopic (exact) mass is 274 g/mol. The molecule has 0 heterocycles. The van der Waals surface area contributed by atoms with E-state index in [-0.39, 0.29) is 16.7 Å². The zero-order valence-electron chi connectivity index (χ0n) is 11.1. The van der Waals surface area contributed by atoms with Crippen molar-refractivity contribution in [3.8, 4) is 0 Å². The Kier molecular flexibility index (Phi) is 4.12. The van der Waals surface area contributed by atoms with E-state index in [9.17, 15) is 18.0 Å². The van der Waals surface area contributed by atoms with Gasteiger partial charge in [0.1, 0.15) is 0 Å². The molecule has 0 saturated heterocycles. The maximum atomic E-state index is 12.6. The van der Waals surface area contributed by atoms with Gasteiger partial charge in [0.25, 0.3) is 5.91 Å². The largest absolute Gasteiger partial charge is 0.416 e. The molecule has 0 radical (unpaired) electrons. The highest BCUT2D eigenvalue weighted by Gasteiger charge is 2.31. The van der Waals surface area contributed by atoms with Crippen LogP contribution in [-0.2, 0) is 6.18 Å². The van der Waals surface area contributed by atoms with E-state index < -0.39 is 17.6 Å². The predicted octanol–water partition coefficient (Wildman–Crippen LogP) is 3.06. The minimum absolute atomic E-state index is 0.0272. The van der Waals surface area contributed by atoms with Gasteiger partial charge in [-0.3, -0.25) is 4.79 Å². The van der Waals surface area contributed by atoms with Gasteiger partial charge in [0.15, 0.2) is 0 Å². The fraction of sp³-hybridized carbons (Fsp3) is 0.462. The lowest BCUT2D eigenvalue weighted by Crippen LogP contribution is -2.32. The van der Waals surface area contributed by atoms with E-state index in [1.807, 2.05) is 20.8 Å². The molecule has 0 atom stereocenters. The lowest BCUT2D eigenvalue weighted by atomic mass is 9.96. The third-order valence-electron chi connectivity index (χ3n) is 2.40. The average molecular weight is 274 g/mol. The fourth-order valence-corrected chi connectivity index (χ4v) is 1.37. The van der Waals surface area contributed by atoms with E-state index in [0.29, 0.717) is 6.54 Å². The van der Waals surface area contributed by atoms with Crippen LogP contribution in [0.2, 0.25) is 0 Å². The maximum absolute atomic E-state index is 12.6. The van der Waals surface area contributed by atoms with Gasteiger partial charge in [-0.15, -0.1) is 0 Å². The summed E-state index contributed by atoms with van der Waals surface area (Å²) >= 11 is 0. The number of carbonyl (C=O) groups excluding carboxylic acids is 1. The highest BCUT2D eigenvalue weighted by Crippen LogP contribution is 2.31. The summed E-state index contributed by atoms with van der Waals surface area (Å²) in [5.41, 5.74) is 4.37. The molecule has 1 rings (SSSR count). The van der Waals surface area contributed by atoms with Crippen molar-refractivity contribution in [3.63, 3.8) is 0 Å². The molecule has 0 saturated carbocycles. The Hall–Kier alpha value is -1.72. The number of alkyl halides is 3. The molecule has 106 valence electrons. The summed E-state index contributed by atoms with van der Waals surface area (Å²) in [6, 6.07) is 2.72. The average Bonchev–Trinajstić information content (AvgIpc) is 2.24. The number of nitrogens with two attached hydrogens (primary N) is 1. The van der Waals surface area contributed by atoms with E-state index >= 15 is 0 Å². The zero-order valence-corrected chi connectivity index (χ0v) is 11.1. The topological polar surface area (TPSA) is 55.1 Å². The van der Waals surface area contributed by atoms with Crippen molar-refractivity contribution in [1.29, 1.82) is 0 Å². The smallest absolute Gasteiger partial charge is 0.398 e. The van der Waals surface area contributed by atoms with Crippen LogP contribution in [0, 0.1) is 5.41 Å². The molecule has 0 aliphatic heterocycles. The van der Waals surface area contributed by atoms with Gasteiger partial charge in [0, 0.05) is 12.2 Å². The number of carbonyl (C=O) groups is 1. The number of amides is 1. The highest BCUT2D eigenvalue weighted by atomic mass is 19.4. The summed E-state index contributed by atoms with van der Waals surface area (Å²) in [6.45, 7) is 6.07. The Bertz CT molecular complexity index is 476. The van der Waals surface area contributed by atoms with E-state index in [4.69, 9.17) is 5.73 Å². The van der Waals surface area contributed by atoms with Gasteiger partial charge < -0.3 is 11.1 Å². The van der Waals surface area contributed by atoms with Gasteiger partial charge in [0.2, 0.25) is 0 Å². The second kappa shape index (κ2) is 5.11. The summed E-state index contributed by atoms with van der Waals surface area (Å²) in [7, 11) is 0. The minimum Gasteiger partial charge on any atom is -0.398 e. The first-order chi connectivity index (χ1) is 8.50. The molecule has 0 spiro atoms. The number of benzene rings is 1. The lowest BCUT2D eigenvalue weighted by molar-refractivity contribution is -0.137. The molecule has 1 amide bonds. The van der Waals surface area contributed by atoms with Crippen molar-refractivity contribution in [3.05, 3.63) is 29.3 Å². The van der Waals surface area contributed by atoms with E-state index in [0.717, 1.165) is 18.2 Å². The molecule has 6 heteroatoms. The van der Waals surface area contributed by atoms with Crippen LogP contribution in [0.25, 0.3) is 0 Å². The number of hydrogen-bond donors (Lipinski definition) is 2. The second-order valence-electron chi connectivity index (χ2n) is 5.54. The lowest BCUT2D eigenvalue weighted by Gasteiger charge is -2.19. The first kappa shape index (κ1) is 15.3. The van der Waals surface area contributed by atoms with Crippen molar-refractivity contribution >= 4 is 11.6 Å². The van der Waals surface area contributed by atoms with Crippen LogP contribution in [0.4, 0.5) is 18.9 Å². The van der Waals surface area contributed by atoms with Gasteiger partial charge in [-0.1, -0.05) is 20.8 Å². The van der Waals surface area contributed by atoms with Crippen molar-refractivity contribution in [1.82, 2.24) is 5.32 Å². The number of anilines is 1. The molecule has 3 N–H and O–H groups in total. The van der Waals surface area contributed by atoms with Crippen LogP contribution in [0.1, 0.15) is 36.7 Å². The zero-order chi connectivity index (χ0) is 14.8. The van der Waals surface area contributed by atoms with Crippen LogP contribution >= 0.6 is 0 Å². The Balaban J connectivity index is 2.97. The van der Waals surface area contributed by atoms with Gasteiger partial charge in [-0.25, -0.2) is 0 Å². The quantitative estimate of drug-likeness (QED) is 0.814. The number of nitrogens with one attached hydrogen (secondary N) is 1. The molecule has 0 aliphatic carbocycles. The number of nitrogen functional groups attached to an aromatic ring is 1. The van der Waals surface area contributed by atoms with Gasteiger partial charge >= 0.3 is 6.18 Å². The Morgan fingerprint density at radius 2 is 1.84 bits per heavy atom. The fourth-order valence-electron chi connectivity index (χ4n) is 1.37. The summed E-state index contributed by atoms with van der Waals surface area (Å²) in [6.07, 6.45) is -4.49. The molecule has 0 fully saturated rings. The standard InChI is InChI=1S/C13H17F3N2O/c1-12(2,3)7-18-11(19)9-6-8(13(14,15)16)4-5-10(9)17/h4-6H,7,17H2,1-3H3,(H,18,19). The number of hydrogen-bond acceptors (Lipinski definition) is 2. The van der Waals surface area contributed by atoms with Crippen LogP contribution in [0.5, 0.6) is 0 Å². The van der Waals surface area contributed by atoms with E-state index in [1.54, 1.807) is 0 Å². The second-order valence-corrected chi connectivity index (χ2v) is 5.54. The number of halogens is 3. The highest BCUT2D eigenvalue weighted by molar-refractivity contribution is 5.99. The minimum atomic E-state index is -4.49. The SMILES string of the molecule is CC(C)(C)CNC(=O)c1cc(C(F)(F)F)ccc1N. The predicted molar refractivity (Wildman–Crippen MR) is 67.6 cm³/mol. The third kappa shape index (κ3) is 4.46. The van der Waals surface area contributed by atoms with Crippen LogP contribution < -0.4 is 11.1 Å². The van der Waals surface area contributed by atoms with Crippen LogP contribution in [0.3, 0.4) is 0 Å². The molecule has 0 bridgehead atoms. The third-order valence-corrected chi connectivity index (χ3v) is 2.40. The first-order valence-electron chi connectivity index (χ1n) is 5.75. The Morgan fingerprint density at radius 3 is 2.32 bits per heavy atom. The van der Waals surface area contributed by atoms with Gasteiger partial charge in [-0.05, 0) is 23.6 Å². The van der Waals surface area contributed by atoms with Crippen molar-refractivity contribution in [2.45, 2.75) is 26.9 Å². The van der Waals surface area contributed by atoms with E-state index in [1.165, 1.54) is 0 Å². The Labute approximate surface area is 110 Å². The maximum Gasteiger partial charge on any atom is 0.416 e. The number of rotatable bonds is 2. The summed E-state index contributed by atoms with van der Waals surface area (Å²) in [4.78, 5) is 11.8. The Morgan fingerprint density at radius 1 is 1.26 bits per heavy atom. The van der Waals surface area contributed by atoms with Crippen LogP contribution in [-0.4, -0.2) is 12.5 Å². The van der Waals surface area contributed by atoms with Crippen LogP contribution in [0.15, 0.2) is 18.2 Å². The van der Waals surface area contributed by atoms with Crippen molar-refractivity contribution in [2.24, 2.45) is 5.41 Å². The molecule has 19 heavy (non-hydrogen) atoms.